The van der Waals surface area contributed by atoms with E-state index in [1.54, 1.807) is 0 Å². The molecule has 0 unspecified atom stereocenters. The summed E-state index contributed by atoms with van der Waals surface area (Å²) in [6.07, 6.45) is -7.78. The molecule has 0 aromatic carbocycles. The fourth-order valence-corrected chi connectivity index (χ4v) is 3.97. The van der Waals surface area contributed by atoms with Crippen LogP contribution in [0.25, 0.3) is 41.8 Å². The van der Waals surface area contributed by atoms with E-state index in [0.717, 1.165) is 0 Å². The first-order chi connectivity index (χ1) is 16.4. The van der Waals surface area contributed by atoms with Crippen molar-refractivity contribution in [2.24, 2.45) is 26.2 Å². The van der Waals surface area contributed by atoms with Gasteiger partial charge in [0, 0.05) is 19.6 Å². The van der Waals surface area contributed by atoms with E-state index in [2.05, 4.69) is 45.4 Å². The highest BCUT2D eigenvalue weighted by molar-refractivity contribution is 5.05. The molecule has 1 heterocycles. The van der Waals surface area contributed by atoms with Crippen LogP contribution in [0.2, 0.25) is 0 Å². The molecule has 0 aromatic rings. The summed E-state index contributed by atoms with van der Waals surface area (Å²) in [7, 11) is 0. The summed E-state index contributed by atoms with van der Waals surface area (Å²) in [6, 6.07) is -4.28. The van der Waals surface area contributed by atoms with Gasteiger partial charge in [-0.05, 0) is 48.1 Å². The minimum Gasteiger partial charge on any atom is -0.391 e. The molecule has 1 saturated heterocycles. The quantitative estimate of drug-likeness (QED) is 0.118. The highest BCUT2D eigenvalue weighted by atomic mass is 16.7. The van der Waals surface area contributed by atoms with Crippen molar-refractivity contribution in [1.29, 1.82) is 0 Å². The Morgan fingerprint density at radius 3 is 2.24 bits per heavy atom. The lowest BCUT2D eigenvalue weighted by Crippen LogP contribution is -2.65. The lowest BCUT2D eigenvalue weighted by molar-refractivity contribution is -0.279. The Balaban J connectivity index is 2.41. The van der Waals surface area contributed by atoms with Crippen molar-refractivity contribution in [3.05, 3.63) is 41.8 Å². The Kier molecular flexibility index (Phi) is 10.9. The van der Waals surface area contributed by atoms with Crippen molar-refractivity contribution in [2.75, 3.05) is 19.6 Å². The second kappa shape index (κ2) is 13.6. The van der Waals surface area contributed by atoms with Crippen molar-refractivity contribution in [3.63, 3.8) is 0 Å². The number of nitrogens with two attached hydrogens (primary N) is 1. The zero-order valence-electron chi connectivity index (χ0n) is 17.9. The van der Waals surface area contributed by atoms with Gasteiger partial charge in [0.2, 0.25) is 0 Å². The minimum absolute atomic E-state index is 0.0682. The van der Waals surface area contributed by atoms with Crippen LogP contribution in [-0.4, -0.2) is 95.9 Å². The molecule has 2 rings (SSSR count). The van der Waals surface area contributed by atoms with Gasteiger partial charge in [0.15, 0.2) is 6.29 Å². The van der Waals surface area contributed by atoms with Gasteiger partial charge in [-0.1, -0.05) is 20.5 Å². The number of aliphatic hydroxyl groups excluding tert-OH is 3. The maximum absolute atomic E-state index is 10.8. The molecule has 1 aliphatic carbocycles. The van der Waals surface area contributed by atoms with Gasteiger partial charge in [0.1, 0.15) is 12.1 Å². The first-order valence-corrected chi connectivity index (χ1v) is 10.4. The van der Waals surface area contributed by atoms with Gasteiger partial charge >= 0.3 is 0 Å². The second-order valence-electron chi connectivity index (χ2n) is 7.63. The van der Waals surface area contributed by atoms with E-state index >= 15 is 0 Å². The number of ether oxygens (including phenoxy) is 2. The van der Waals surface area contributed by atoms with Gasteiger partial charge in [-0.25, -0.2) is 0 Å². The lowest BCUT2D eigenvalue weighted by Gasteiger charge is -2.47. The standard InChI is InChI=1S/C15H26N14O5/c16-2-1-3-21-9-11(30)6(23-27-18)4-7(24-28-19)14(9)34-15-10(25-29-20)13(32)12(31)8(33-15)5-22-26-17/h6-15,21,30-32H,1-5,16H2/t6-,7+,8-,9+,10-,11+,12-,13-,14-,15-/m1/s1. The Labute approximate surface area is 192 Å². The van der Waals surface area contributed by atoms with Gasteiger partial charge < -0.3 is 35.8 Å². The summed E-state index contributed by atoms with van der Waals surface area (Å²) < 4.78 is 11.6. The molecule has 186 valence electrons. The third kappa shape index (κ3) is 6.51. The second-order valence-corrected chi connectivity index (χ2v) is 7.63. The predicted molar refractivity (Wildman–Crippen MR) is 114 cm³/mol. The molecule has 0 radical (unpaired) electrons. The predicted octanol–water partition coefficient (Wildman–Crippen LogP) is 0.237. The zero-order valence-corrected chi connectivity index (χ0v) is 17.9. The maximum Gasteiger partial charge on any atom is 0.169 e. The van der Waals surface area contributed by atoms with Crippen LogP contribution in [0.3, 0.4) is 0 Å². The van der Waals surface area contributed by atoms with Gasteiger partial charge in [-0.15, -0.1) is 0 Å². The van der Waals surface area contributed by atoms with Crippen LogP contribution in [0.1, 0.15) is 12.8 Å². The van der Waals surface area contributed by atoms with E-state index in [1.165, 1.54) is 0 Å². The molecular weight excluding hydrogens is 456 g/mol. The van der Waals surface area contributed by atoms with Crippen molar-refractivity contribution < 1.29 is 24.8 Å². The molecular formula is C15H26N14O5. The van der Waals surface area contributed by atoms with E-state index < -0.39 is 61.0 Å². The first kappa shape index (κ1) is 27.2. The number of rotatable bonds is 11. The SMILES string of the molecule is [N-]=[N+]=NC[C@H]1O[C@H](O[C@H]2[C@@H](NCCCN)[C@@H](O)[C@H](N=[N+]=[N-])C[C@@H]2N=[N+]=[N-])[C@H](N=[N+]=[N-])[C@@H](O)[C@@H]1O. The van der Waals surface area contributed by atoms with E-state index in [-0.39, 0.29) is 13.0 Å². The number of nitrogens with one attached hydrogen (secondary N) is 1. The highest BCUT2D eigenvalue weighted by Gasteiger charge is 2.50. The molecule has 6 N–H and O–H groups in total. The molecule has 19 heteroatoms. The molecule has 0 aromatic heterocycles. The smallest absolute Gasteiger partial charge is 0.169 e. The lowest BCUT2D eigenvalue weighted by atomic mass is 9.82. The summed E-state index contributed by atoms with van der Waals surface area (Å²) in [4.78, 5) is 10.8. The Morgan fingerprint density at radius 1 is 0.941 bits per heavy atom. The third-order valence-corrected chi connectivity index (χ3v) is 5.61. The highest BCUT2D eigenvalue weighted by Crippen LogP contribution is 2.32. The molecule has 10 atom stereocenters. The maximum atomic E-state index is 10.8. The number of nitrogens with zero attached hydrogens (tertiary/aromatic N) is 12. The largest absolute Gasteiger partial charge is 0.391 e. The normalized spacial score (nSPS) is 37.3. The van der Waals surface area contributed by atoms with Crippen molar-refractivity contribution in [1.82, 2.24) is 5.32 Å². The minimum atomic E-state index is -1.64. The van der Waals surface area contributed by atoms with E-state index in [1.807, 2.05) is 0 Å². The van der Waals surface area contributed by atoms with E-state index in [4.69, 9.17) is 37.3 Å². The molecule has 0 amide bonds. The van der Waals surface area contributed by atoms with Crippen LogP contribution in [0, 0.1) is 0 Å². The van der Waals surface area contributed by atoms with Crippen molar-refractivity contribution in [2.45, 2.75) is 73.8 Å². The Morgan fingerprint density at radius 2 is 1.62 bits per heavy atom. The van der Waals surface area contributed by atoms with E-state index in [9.17, 15) is 15.3 Å². The van der Waals surface area contributed by atoms with Gasteiger partial charge in [0.05, 0.1) is 49.1 Å². The third-order valence-electron chi connectivity index (χ3n) is 5.61. The fraction of sp³-hybridized carbons (Fsp3) is 1.00. The molecule has 0 spiro atoms. The van der Waals surface area contributed by atoms with Crippen LogP contribution in [0.5, 0.6) is 0 Å². The van der Waals surface area contributed by atoms with Crippen LogP contribution in [-0.2, 0) is 9.47 Å². The molecule has 2 fully saturated rings. The number of aliphatic hydroxyl groups is 3. The number of hydrogen-bond acceptors (Lipinski definition) is 11. The molecule has 19 nitrogen and oxygen atoms in total. The van der Waals surface area contributed by atoms with Crippen LogP contribution >= 0.6 is 0 Å². The fourth-order valence-electron chi connectivity index (χ4n) is 3.97. The number of azide groups is 4. The Hall–Kier alpha value is -3.04. The molecule has 1 aliphatic heterocycles. The van der Waals surface area contributed by atoms with Crippen LogP contribution < -0.4 is 11.1 Å². The topological polar surface area (TPSA) is 312 Å². The average molecular weight is 482 g/mol. The van der Waals surface area contributed by atoms with Crippen molar-refractivity contribution >= 4 is 0 Å². The van der Waals surface area contributed by atoms with Gasteiger partial charge in [-0.2, -0.15) is 0 Å². The molecule has 0 bridgehead atoms. The summed E-state index contributed by atoms with van der Waals surface area (Å²) >= 11 is 0. The van der Waals surface area contributed by atoms with E-state index in [0.29, 0.717) is 19.5 Å². The summed E-state index contributed by atoms with van der Waals surface area (Å²) in [5.41, 5.74) is 40.9. The summed E-state index contributed by atoms with van der Waals surface area (Å²) in [6.45, 7) is 0.314. The monoisotopic (exact) mass is 482 g/mol. The molecule has 34 heavy (non-hydrogen) atoms. The summed E-state index contributed by atoms with van der Waals surface area (Å²) in [5, 5.41) is 48.7. The van der Waals surface area contributed by atoms with Crippen LogP contribution in [0.4, 0.5) is 0 Å². The Bertz CT molecular complexity index is 866. The van der Waals surface area contributed by atoms with Gasteiger partial charge in [0.25, 0.3) is 0 Å². The number of hydrogen-bond donors (Lipinski definition) is 5. The zero-order chi connectivity index (χ0) is 25.1. The first-order valence-electron chi connectivity index (χ1n) is 10.4. The average Bonchev–Trinajstić information content (AvgIpc) is 2.82. The molecule has 2 aliphatic rings. The van der Waals surface area contributed by atoms with Crippen molar-refractivity contribution in [3.8, 4) is 0 Å². The van der Waals surface area contributed by atoms with Gasteiger partial charge in [-0.3, -0.25) is 0 Å². The summed E-state index contributed by atoms with van der Waals surface area (Å²) in [5.74, 6) is 0. The molecule has 1 saturated carbocycles. The van der Waals surface area contributed by atoms with Crippen LogP contribution in [0.15, 0.2) is 20.5 Å².